The number of methoxy groups -OCH3 is 1. The van der Waals surface area contributed by atoms with Gasteiger partial charge in [-0.1, -0.05) is 18.5 Å². The molecule has 1 aromatic rings. The lowest BCUT2D eigenvalue weighted by Gasteiger charge is -2.17. The van der Waals surface area contributed by atoms with Crippen molar-refractivity contribution in [3.63, 3.8) is 0 Å². The van der Waals surface area contributed by atoms with Crippen molar-refractivity contribution in [2.24, 2.45) is 5.92 Å². The second-order valence-electron chi connectivity index (χ2n) is 4.92. The van der Waals surface area contributed by atoms with Crippen LogP contribution in [0.1, 0.15) is 18.9 Å². The molecule has 0 aromatic heterocycles. The molecule has 1 heterocycles. The molecule has 5 heteroatoms. The molecule has 1 fully saturated rings. The van der Waals surface area contributed by atoms with E-state index in [1.54, 1.807) is 13.2 Å². The number of hydrogen-bond acceptors (Lipinski definition) is 4. The number of benzene rings is 1. The third-order valence-electron chi connectivity index (χ3n) is 3.37. The smallest absolute Gasteiger partial charge is 0.165 e. The minimum absolute atomic E-state index is 0.461. The van der Waals surface area contributed by atoms with Crippen molar-refractivity contribution in [1.82, 2.24) is 5.32 Å². The Bertz CT molecular complexity index is 433. The summed E-state index contributed by atoms with van der Waals surface area (Å²) in [5.41, 5.74) is 1.02. The van der Waals surface area contributed by atoms with Crippen LogP contribution < -0.4 is 14.8 Å². The fourth-order valence-electron chi connectivity index (χ4n) is 2.25. The fraction of sp³-hybridized carbons (Fsp3) is 0.600. The first-order valence-corrected chi connectivity index (χ1v) is 7.40. The van der Waals surface area contributed by atoms with Crippen molar-refractivity contribution in [2.75, 3.05) is 33.5 Å². The number of halogens is 1. The van der Waals surface area contributed by atoms with Gasteiger partial charge in [-0.25, -0.2) is 0 Å². The number of nitrogens with one attached hydrogen (secondary N) is 1. The molecule has 0 spiro atoms. The minimum Gasteiger partial charge on any atom is -0.493 e. The molecule has 0 aliphatic carbocycles. The van der Waals surface area contributed by atoms with Crippen LogP contribution in [0.3, 0.4) is 0 Å². The van der Waals surface area contributed by atoms with Crippen molar-refractivity contribution < 1.29 is 14.2 Å². The Morgan fingerprint density at radius 3 is 2.95 bits per heavy atom. The second-order valence-corrected chi connectivity index (χ2v) is 5.35. The van der Waals surface area contributed by atoms with Crippen LogP contribution in [0, 0.1) is 5.92 Å². The molecular formula is C15H22ClNO3. The monoisotopic (exact) mass is 299 g/mol. The summed E-state index contributed by atoms with van der Waals surface area (Å²) in [6.45, 7) is 5.93. The lowest BCUT2D eigenvalue weighted by molar-refractivity contribution is 0.165. The average molecular weight is 300 g/mol. The van der Waals surface area contributed by atoms with Gasteiger partial charge in [-0.3, -0.25) is 0 Å². The first kappa shape index (κ1) is 15.4. The number of hydrogen-bond donors (Lipinski definition) is 1. The van der Waals surface area contributed by atoms with Gasteiger partial charge in [0.2, 0.25) is 0 Å². The zero-order valence-electron chi connectivity index (χ0n) is 12.1. The van der Waals surface area contributed by atoms with Gasteiger partial charge >= 0.3 is 0 Å². The molecule has 112 valence electrons. The van der Waals surface area contributed by atoms with Crippen LogP contribution in [0.15, 0.2) is 12.1 Å². The third-order valence-corrected chi connectivity index (χ3v) is 3.59. The van der Waals surface area contributed by atoms with Crippen LogP contribution >= 0.6 is 11.6 Å². The molecule has 1 aliphatic rings. The molecule has 0 saturated carbocycles. The highest BCUT2D eigenvalue weighted by molar-refractivity contribution is 6.30. The highest BCUT2D eigenvalue weighted by Crippen LogP contribution is 2.35. The zero-order chi connectivity index (χ0) is 14.4. The van der Waals surface area contributed by atoms with Gasteiger partial charge in [-0.15, -0.1) is 0 Å². The summed E-state index contributed by atoms with van der Waals surface area (Å²) in [7, 11) is 1.63. The van der Waals surface area contributed by atoms with E-state index < -0.39 is 0 Å². The Hall–Kier alpha value is -0.970. The van der Waals surface area contributed by atoms with E-state index in [9.17, 15) is 0 Å². The Morgan fingerprint density at radius 1 is 1.45 bits per heavy atom. The van der Waals surface area contributed by atoms with Crippen LogP contribution in [0.4, 0.5) is 0 Å². The van der Waals surface area contributed by atoms with E-state index in [-0.39, 0.29) is 0 Å². The van der Waals surface area contributed by atoms with Gasteiger partial charge in [0.25, 0.3) is 0 Å². The van der Waals surface area contributed by atoms with Crippen molar-refractivity contribution in [2.45, 2.75) is 19.9 Å². The van der Waals surface area contributed by atoms with E-state index >= 15 is 0 Å². The van der Waals surface area contributed by atoms with Gasteiger partial charge in [0.15, 0.2) is 11.5 Å². The molecule has 4 nitrogen and oxygen atoms in total. The van der Waals surface area contributed by atoms with Gasteiger partial charge in [-0.05, 0) is 19.0 Å². The summed E-state index contributed by atoms with van der Waals surface area (Å²) in [5, 5.41) is 3.95. The van der Waals surface area contributed by atoms with Crippen LogP contribution in [-0.4, -0.2) is 33.5 Å². The molecule has 1 saturated heterocycles. The Balaban J connectivity index is 2.13. The maximum atomic E-state index is 6.12. The fourth-order valence-corrected chi connectivity index (χ4v) is 2.48. The molecule has 1 unspecified atom stereocenters. The van der Waals surface area contributed by atoms with Gasteiger partial charge in [0, 0.05) is 35.7 Å². The van der Waals surface area contributed by atoms with E-state index in [0.717, 1.165) is 37.5 Å². The van der Waals surface area contributed by atoms with Crippen LogP contribution in [0.2, 0.25) is 5.02 Å². The van der Waals surface area contributed by atoms with E-state index in [0.29, 0.717) is 29.8 Å². The lowest BCUT2D eigenvalue weighted by atomic mass is 10.1. The number of ether oxygens (including phenoxy) is 3. The average Bonchev–Trinajstić information content (AvgIpc) is 2.96. The van der Waals surface area contributed by atoms with Crippen LogP contribution in [0.25, 0.3) is 0 Å². The van der Waals surface area contributed by atoms with E-state index in [4.69, 9.17) is 25.8 Å². The van der Waals surface area contributed by atoms with Gasteiger partial charge in [-0.2, -0.15) is 0 Å². The second kappa shape index (κ2) is 7.72. The zero-order valence-corrected chi connectivity index (χ0v) is 12.8. The normalized spacial score (nSPS) is 18.2. The standard InChI is InChI=1S/C15H22ClNO3/c1-3-17-8-12-6-13(16)7-14(18-2)15(12)20-10-11-4-5-19-9-11/h6-7,11,17H,3-5,8-10H2,1-2H3. The van der Waals surface area contributed by atoms with Crippen LogP contribution in [-0.2, 0) is 11.3 Å². The van der Waals surface area contributed by atoms with Crippen molar-refractivity contribution >= 4 is 11.6 Å². The van der Waals surface area contributed by atoms with E-state index in [1.807, 2.05) is 6.07 Å². The summed E-state index contributed by atoms with van der Waals surface area (Å²) in [6, 6.07) is 3.71. The predicted molar refractivity (Wildman–Crippen MR) is 79.8 cm³/mol. The minimum atomic E-state index is 0.461. The van der Waals surface area contributed by atoms with Crippen LogP contribution in [0.5, 0.6) is 11.5 Å². The first-order valence-electron chi connectivity index (χ1n) is 7.02. The first-order chi connectivity index (χ1) is 9.74. The summed E-state index contributed by atoms with van der Waals surface area (Å²) < 4.78 is 16.8. The predicted octanol–water partition coefficient (Wildman–Crippen LogP) is 2.87. The summed E-state index contributed by atoms with van der Waals surface area (Å²) in [5.74, 6) is 1.93. The highest BCUT2D eigenvalue weighted by Gasteiger charge is 2.19. The Kier molecular flexibility index (Phi) is 5.95. The van der Waals surface area contributed by atoms with Crippen molar-refractivity contribution in [3.05, 3.63) is 22.7 Å². The Morgan fingerprint density at radius 2 is 2.30 bits per heavy atom. The summed E-state index contributed by atoms with van der Waals surface area (Å²) >= 11 is 6.12. The molecule has 1 aliphatic heterocycles. The summed E-state index contributed by atoms with van der Waals surface area (Å²) in [6.07, 6.45) is 1.05. The molecule has 0 amide bonds. The van der Waals surface area contributed by atoms with Gasteiger partial charge in [0.1, 0.15) is 0 Å². The highest BCUT2D eigenvalue weighted by atomic mass is 35.5. The van der Waals surface area contributed by atoms with Gasteiger partial charge < -0.3 is 19.5 Å². The SMILES string of the molecule is CCNCc1cc(Cl)cc(OC)c1OCC1CCOC1. The van der Waals surface area contributed by atoms with Crippen molar-refractivity contribution in [1.29, 1.82) is 0 Å². The quantitative estimate of drug-likeness (QED) is 0.840. The maximum Gasteiger partial charge on any atom is 0.165 e. The van der Waals surface area contributed by atoms with E-state index in [2.05, 4.69) is 12.2 Å². The molecule has 20 heavy (non-hydrogen) atoms. The largest absolute Gasteiger partial charge is 0.493 e. The summed E-state index contributed by atoms with van der Waals surface area (Å²) in [4.78, 5) is 0. The molecule has 2 rings (SSSR count). The Labute approximate surface area is 125 Å². The molecule has 0 radical (unpaired) electrons. The number of rotatable bonds is 7. The lowest BCUT2D eigenvalue weighted by Crippen LogP contribution is -2.16. The van der Waals surface area contributed by atoms with Gasteiger partial charge in [0.05, 0.1) is 20.3 Å². The molecule has 0 bridgehead atoms. The topological polar surface area (TPSA) is 39.7 Å². The molecule has 1 aromatic carbocycles. The maximum absolute atomic E-state index is 6.12. The molecular weight excluding hydrogens is 278 g/mol. The van der Waals surface area contributed by atoms with E-state index in [1.165, 1.54) is 0 Å². The third kappa shape index (κ3) is 4.01. The molecule has 1 N–H and O–H groups in total. The molecule has 1 atom stereocenters. The van der Waals surface area contributed by atoms with Crippen molar-refractivity contribution in [3.8, 4) is 11.5 Å².